The maximum atomic E-state index is 11.0. The van der Waals surface area contributed by atoms with E-state index in [2.05, 4.69) is 6.08 Å². The van der Waals surface area contributed by atoms with Gasteiger partial charge in [-0.15, -0.1) is 0 Å². The van der Waals surface area contributed by atoms with Crippen molar-refractivity contribution >= 4 is 6.08 Å². The van der Waals surface area contributed by atoms with E-state index in [9.17, 15) is 4.79 Å². The minimum Gasteiger partial charge on any atom is -0.496 e. The van der Waals surface area contributed by atoms with Crippen LogP contribution in [0.15, 0.2) is 27.4 Å². The molecular formula is C11H12O3. The van der Waals surface area contributed by atoms with Crippen molar-refractivity contribution in [3.63, 3.8) is 0 Å². The molecule has 1 aliphatic rings. The summed E-state index contributed by atoms with van der Waals surface area (Å²) in [5.74, 6) is 1.77. The van der Waals surface area contributed by atoms with Gasteiger partial charge in [0.05, 0.1) is 13.2 Å². The highest BCUT2D eigenvalue weighted by molar-refractivity contribution is 5.45. The SMILES string of the molecule is COc1cc(/C=C/C2CC2)oc(=O)c1. The van der Waals surface area contributed by atoms with Crippen LogP contribution in [-0.4, -0.2) is 7.11 Å². The van der Waals surface area contributed by atoms with Crippen molar-refractivity contribution in [2.75, 3.05) is 7.11 Å². The molecule has 1 fully saturated rings. The Morgan fingerprint density at radius 1 is 1.50 bits per heavy atom. The van der Waals surface area contributed by atoms with Gasteiger partial charge in [0.25, 0.3) is 0 Å². The standard InChI is InChI=1S/C11H12O3/c1-13-10-6-9(14-11(12)7-10)5-4-8-2-3-8/h4-8H,2-3H2,1H3/b5-4+. The van der Waals surface area contributed by atoms with Crippen molar-refractivity contribution in [3.8, 4) is 5.75 Å². The second kappa shape index (κ2) is 3.70. The first-order chi connectivity index (χ1) is 6.78. The fourth-order valence-corrected chi connectivity index (χ4v) is 1.19. The summed E-state index contributed by atoms with van der Waals surface area (Å²) in [5.41, 5.74) is -0.375. The summed E-state index contributed by atoms with van der Waals surface area (Å²) in [6.07, 6.45) is 6.38. The van der Waals surface area contributed by atoms with Crippen LogP contribution >= 0.6 is 0 Å². The summed E-state index contributed by atoms with van der Waals surface area (Å²) >= 11 is 0. The first-order valence-electron chi connectivity index (χ1n) is 4.65. The van der Waals surface area contributed by atoms with Crippen molar-refractivity contribution in [1.29, 1.82) is 0 Å². The Bertz CT molecular complexity index is 399. The van der Waals surface area contributed by atoms with Gasteiger partial charge in [-0.3, -0.25) is 0 Å². The van der Waals surface area contributed by atoms with Gasteiger partial charge in [-0.2, -0.15) is 0 Å². The van der Waals surface area contributed by atoms with E-state index in [0.717, 1.165) is 0 Å². The van der Waals surface area contributed by atoms with E-state index in [1.165, 1.54) is 26.0 Å². The predicted octanol–water partition coefficient (Wildman–Crippen LogP) is 2.07. The lowest BCUT2D eigenvalue weighted by molar-refractivity contribution is 0.400. The fourth-order valence-electron chi connectivity index (χ4n) is 1.19. The van der Waals surface area contributed by atoms with Crippen LogP contribution in [0, 0.1) is 5.92 Å². The molecule has 0 atom stereocenters. The molecule has 1 aromatic rings. The molecule has 0 aliphatic heterocycles. The minimum absolute atomic E-state index is 0.375. The second-order valence-corrected chi connectivity index (χ2v) is 3.42. The molecule has 1 aromatic heterocycles. The second-order valence-electron chi connectivity index (χ2n) is 3.42. The van der Waals surface area contributed by atoms with Crippen LogP contribution in [0.2, 0.25) is 0 Å². The van der Waals surface area contributed by atoms with Crippen LogP contribution < -0.4 is 10.4 Å². The molecule has 0 saturated heterocycles. The Morgan fingerprint density at radius 3 is 2.93 bits per heavy atom. The minimum atomic E-state index is -0.375. The van der Waals surface area contributed by atoms with Crippen molar-refractivity contribution < 1.29 is 9.15 Å². The lowest BCUT2D eigenvalue weighted by atomic mass is 10.3. The van der Waals surface area contributed by atoms with E-state index >= 15 is 0 Å². The Hall–Kier alpha value is -1.51. The van der Waals surface area contributed by atoms with Gasteiger partial charge in [-0.1, -0.05) is 6.08 Å². The van der Waals surface area contributed by atoms with Crippen LogP contribution in [0.1, 0.15) is 18.6 Å². The molecule has 1 saturated carbocycles. The van der Waals surface area contributed by atoms with Gasteiger partial charge >= 0.3 is 5.63 Å². The first-order valence-corrected chi connectivity index (χ1v) is 4.65. The Balaban J connectivity index is 2.23. The summed E-state index contributed by atoms with van der Waals surface area (Å²) in [6.45, 7) is 0. The summed E-state index contributed by atoms with van der Waals surface area (Å²) in [4.78, 5) is 11.0. The highest BCUT2D eigenvalue weighted by atomic mass is 16.5. The molecule has 2 rings (SSSR count). The lowest BCUT2D eigenvalue weighted by Crippen LogP contribution is -1.98. The fraction of sp³-hybridized carbons (Fsp3) is 0.364. The van der Waals surface area contributed by atoms with Gasteiger partial charge in [0.2, 0.25) is 0 Å². The quantitative estimate of drug-likeness (QED) is 0.736. The predicted molar refractivity (Wildman–Crippen MR) is 53.3 cm³/mol. The maximum absolute atomic E-state index is 11.0. The van der Waals surface area contributed by atoms with Crippen LogP contribution in [0.3, 0.4) is 0 Å². The van der Waals surface area contributed by atoms with E-state index in [0.29, 0.717) is 17.4 Å². The van der Waals surface area contributed by atoms with Gasteiger partial charge < -0.3 is 9.15 Å². The molecule has 14 heavy (non-hydrogen) atoms. The maximum Gasteiger partial charge on any atom is 0.339 e. The monoisotopic (exact) mass is 192 g/mol. The molecule has 0 aromatic carbocycles. The smallest absolute Gasteiger partial charge is 0.339 e. The van der Waals surface area contributed by atoms with Gasteiger partial charge in [0, 0.05) is 6.07 Å². The zero-order valence-electron chi connectivity index (χ0n) is 8.03. The third-order valence-electron chi connectivity index (χ3n) is 2.15. The zero-order valence-corrected chi connectivity index (χ0v) is 8.03. The molecule has 0 radical (unpaired) electrons. The molecule has 3 heteroatoms. The summed E-state index contributed by atoms with van der Waals surface area (Å²) in [5, 5.41) is 0. The van der Waals surface area contributed by atoms with Crippen molar-refractivity contribution in [2.45, 2.75) is 12.8 Å². The Morgan fingerprint density at radius 2 is 2.29 bits per heavy atom. The average Bonchev–Trinajstić information content (AvgIpc) is 2.97. The number of ether oxygens (including phenoxy) is 1. The van der Waals surface area contributed by atoms with E-state index in [-0.39, 0.29) is 5.63 Å². The molecule has 0 spiro atoms. The molecule has 74 valence electrons. The highest BCUT2D eigenvalue weighted by Crippen LogP contribution is 2.30. The molecule has 0 bridgehead atoms. The third-order valence-corrected chi connectivity index (χ3v) is 2.15. The number of hydrogen-bond acceptors (Lipinski definition) is 3. The summed E-state index contributed by atoms with van der Waals surface area (Å²) in [6, 6.07) is 3.04. The van der Waals surface area contributed by atoms with Crippen LogP contribution in [0.5, 0.6) is 5.75 Å². The number of allylic oxidation sites excluding steroid dienone is 1. The van der Waals surface area contributed by atoms with E-state index < -0.39 is 0 Å². The first kappa shape index (κ1) is 9.06. The van der Waals surface area contributed by atoms with Crippen LogP contribution in [-0.2, 0) is 0 Å². The number of methoxy groups -OCH3 is 1. The van der Waals surface area contributed by atoms with E-state index in [4.69, 9.17) is 9.15 Å². The molecular weight excluding hydrogens is 180 g/mol. The van der Waals surface area contributed by atoms with Gasteiger partial charge in [0.15, 0.2) is 0 Å². The largest absolute Gasteiger partial charge is 0.496 e. The zero-order chi connectivity index (χ0) is 9.97. The molecule has 0 unspecified atom stereocenters. The third kappa shape index (κ3) is 2.25. The molecule has 3 nitrogen and oxygen atoms in total. The topological polar surface area (TPSA) is 39.4 Å². The van der Waals surface area contributed by atoms with Gasteiger partial charge in [0.1, 0.15) is 11.5 Å². The van der Waals surface area contributed by atoms with Crippen molar-refractivity contribution in [3.05, 3.63) is 34.4 Å². The summed E-state index contributed by atoms with van der Waals surface area (Å²) in [7, 11) is 1.53. The van der Waals surface area contributed by atoms with Crippen LogP contribution in [0.25, 0.3) is 6.08 Å². The van der Waals surface area contributed by atoms with Crippen LogP contribution in [0.4, 0.5) is 0 Å². The van der Waals surface area contributed by atoms with Crippen molar-refractivity contribution in [2.24, 2.45) is 5.92 Å². The molecule has 0 amide bonds. The molecule has 1 heterocycles. The number of hydrogen-bond donors (Lipinski definition) is 0. The van der Waals surface area contributed by atoms with Crippen molar-refractivity contribution in [1.82, 2.24) is 0 Å². The molecule has 1 aliphatic carbocycles. The molecule has 0 N–H and O–H groups in total. The Labute approximate surface area is 82.0 Å². The lowest BCUT2D eigenvalue weighted by Gasteiger charge is -1.98. The van der Waals surface area contributed by atoms with Gasteiger partial charge in [-0.05, 0) is 24.8 Å². The highest BCUT2D eigenvalue weighted by Gasteiger charge is 2.17. The summed E-state index contributed by atoms with van der Waals surface area (Å²) < 4.78 is 9.94. The van der Waals surface area contributed by atoms with E-state index in [1.807, 2.05) is 6.08 Å². The van der Waals surface area contributed by atoms with E-state index in [1.54, 1.807) is 6.07 Å². The Kier molecular flexibility index (Phi) is 2.39. The van der Waals surface area contributed by atoms with Gasteiger partial charge in [-0.25, -0.2) is 4.79 Å². The normalized spacial score (nSPS) is 16.1. The number of rotatable bonds is 3. The average molecular weight is 192 g/mol.